The van der Waals surface area contributed by atoms with Gasteiger partial charge >= 0.3 is 0 Å². The number of aliphatic hydroxyl groups excluding tert-OH is 1. The van der Waals surface area contributed by atoms with Gasteiger partial charge in [0.05, 0.1) is 12.6 Å². The molecular formula is C14H32N4O2. The molecule has 0 saturated heterocycles. The van der Waals surface area contributed by atoms with Crippen molar-refractivity contribution < 1.29 is 9.90 Å². The van der Waals surface area contributed by atoms with E-state index in [9.17, 15) is 4.79 Å². The van der Waals surface area contributed by atoms with E-state index in [4.69, 9.17) is 5.11 Å². The van der Waals surface area contributed by atoms with Crippen LogP contribution >= 0.6 is 0 Å². The maximum atomic E-state index is 11.9. The number of nitrogens with one attached hydrogen (secondary N) is 4. The number of carbonyl (C=O) groups is 1. The summed E-state index contributed by atoms with van der Waals surface area (Å²) in [6.45, 7) is 1.79. The normalized spacial score (nSPS) is 14.0. The molecule has 0 bridgehead atoms. The first-order valence-corrected chi connectivity index (χ1v) is 7.57. The van der Waals surface area contributed by atoms with Gasteiger partial charge in [0.15, 0.2) is 0 Å². The molecule has 0 aromatic heterocycles. The highest BCUT2D eigenvalue weighted by Crippen LogP contribution is 2.00. The van der Waals surface area contributed by atoms with Crippen molar-refractivity contribution in [3.8, 4) is 0 Å². The Morgan fingerprint density at radius 3 is 2.30 bits per heavy atom. The largest absolute Gasteiger partial charge is 0.395 e. The SMILES string of the molecule is CNCCC[C@H](NC)C(=O)NCCCC[C@@H](CO)NC. The van der Waals surface area contributed by atoms with Gasteiger partial charge in [0.2, 0.25) is 5.91 Å². The van der Waals surface area contributed by atoms with Crippen LogP contribution in [0.5, 0.6) is 0 Å². The number of hydrogen-bond donors (Lipinski definition) is 5. The second kappa shape index (κ2) is 13.3. The smallest absolute Gasteiger partial charge is 0.237 e. The van der Waals surface area contributed by atoms with Gasteiger partial charge in [-0.05, 0) is 53.4 Å². The van der Waals surface area contributed by atoms with Crippen LogP contribution in [-0.2, 0) is 4.79 Å². The van der Waals surface area contributed by atoms with Crippen molar-refractivity contribution in [2.75, 3.05) is 40.8 Å². The number of carbonyl (C=O) groups excluding carboxylic acids is 1. The number of hydrogen-bond acceptors (Lipinski definition) is 5. The lowest BCUT2D eigenvalue weighted by molar-refractivity contribution is -0.123. The molecule has 1 amide bonds. The predicted molar refractivity (Wildman–Crippen MR) is 82.8 cm³/mol. The number of rotatable bonds is 13. The minimum absolute atomic E-state index is 0.0796. The second-order valence-electron chi connectivity index (χ2n) is 5.04. The maximum Gasteiger partial charge on any atom is 0.237 e. The Morgan fingerprint density at radius 2 is 1.75 bits per heavy atom. The summed E-state index contributed by atoms with van der Waals surface area (Å²) in [4.78, 5) is 11.9. The molecule has 2 atom stereocenters. The molecule has 0 aromatic carbocycles. The predicted octanol–water partition coefficient (Wildman–Crippen LogP) is -0.559. The van der Waals surface area contributed by atoms with E-state index in [1.165, 1.54) is 0 Å². The summed E-state index contributed by atoms with van der Waals surface area (Å²) in [5.74, 6) is 0.0796. The maximum absolute atomic E-state index is 11.9. The van der Waals surface area contributed by atoms with Gasteiger partial charge < -0.3 is 26.4 Å². The van der Waals surface area contributed by atoms with Crippen LogP contribution in [0.1, 0.15) is 32.1 Å². The van der Waals surface area contributed by atoms with Crippen LogP contribution in [0, 0.1) is 0 Å². The summed E-state index contributed by atoms with van der Waals surface area (Å²) in [7, 11) is 5.59. The molecular weight excluding hydrogens is 256 g/mol. The molecule has 0 spiro atoms. The first kappa shape index (κ1) is 19.3. The second-order valence-corrected chi connectivity index (χ2v) is 5.04. The fourth-order valence-corrected chi connectivity index (χ4v) is 2.07. The molecule has 6 heteroatoms. The van der Waals surface area contributed by atoms with Crippen molar-refractivity contribution in [1.82, 2.24) is 21.3 Å². The summed E-state index contributed by atoms with van der Waals surface area (Å²) < 4.78 is 0. The number of amides is 1. The van der Waals surface area contributed by atoms with Gasteiger partial charge in [-0.3, -0.25) is 4.79 Å². The standard InChI is InChI=1S/C14H32N4O2/c1-15-9-6-8-13(17-3)14(20)18-10-5-4-7-12(11-19)16-2/h12-13,15-17,19H,4-11H2,1-3H3,(H,18,20)/t12-,13-/m0/s1. The lowest BCUT2D eigenvalue weighted by Gasteiger charge is -2.16. The van der Waals surface area contributed by atoms with Gasteiger partial charge in [-0.25, -0.2) is 0 Å². The van der Waals surface area contributed by atoms with Gasteiger partial charge in [0.25, 0.3) is 0 Å². The summed E-state index contributed by atoms with van der Waals surface area (Å²) in [5, 5.41) is 21.2. The molecule has 0 aliphatic rings. The van der Waals surface area contributed by atoms with E-state index >= 15 is 0 Å². The minimum atomic E-state index is -0.106. The molecule has 0 heterocycles. The third-order valence-electron chi connectivity index (χ3n) is 3.49. The molecule has 0 saturated carbocycles. The monoisotopic (exact) mass is 288 g/mol. The first-order valence-electron chi connectivity index (χ1n) is 7.57. The number of aliphatic hydroxyl groups is 1. The molecule has 0 unspecified atom stereocenters. The molecule has 6 nitrogen and oxygen atoms in total. The van der Waals surface area contributed by atoms with E-state index in [1.54, 1.807) is 0 Å². The Bertz CT molecular complexity index is 235. The van der Waals surface area contributed by atoms with E-state index in [2.05, 4.69) is 21.3 Å². The van der Waals surface area contributed by atoms with E-state index in [-0.39, 0.29) is 24.6 Å². The third kappa shape index (κ3) is 9.25. The van der Waals surface area contributed by atoms with Crippen LogP contribution in [0.4, 0.5) is 0 Å². The van der Waals surface area contributed by atoms with Gasteiger partial charge in [-0.15, -0.1) is 0 Å². The fourth-order valence-electron chi connectivity index (χ4n) is 2.07. The summed E-state index contributed by atoms with van der Waals surface area (Å²) in [6, 6.07) is 0.0585. The number of unbranched alkanes of at least 4 members (excludes halogenated alkanes) is 1. The first-order chi connectivity index (χ1) is 9.69. The van der Waals surface area contributed by atoms with Crippen molar-refractivity contribution >= 4 is 5.91 Å². The van der Waals surface area contributed by atoms with E-state index < -0.39 is 0 Å². The fraction of sp³-hybridized carbons (Fsp3) is 0.929. The quantitative estimate of drug-likeness (QED) is 0.293. The van der Waals surface area contributed by atoms with Crippen molar-refractivity contribution in [3.63, 3.8) is 0 Å². The van der Waals surface area contributed by atoms with Crippen LogP contribution in [0.15, 0.2) is 0 Å². The molecule has 0 rings (SSSR count). The van der Waals surface area contributed by atoms with Crippen LogP contribution in [-0.4, -0.2) is 63.9 Å². The lowest BCUT2D eigenvalue weighted by Crippen LogP contribution is -2.43. The highest BCUT2D eigenvalue weighted by atomic mass is 16.3. The Balaban J connectivity index is 3.68. The molecule has 5 N–H and O–H groups in total. The van der Waals surface area contributed by atoms with E-state index in [0.717, 1.165) is 38.6 Å². The lowest BCUT2D eigenvalue weighted by atomic mass is 10.1. The zero-order valence-corrected chi connectivity index (χ0v) is 13.2. The number of likely N-dealkylation sites (N-methyl/N-ethyl adjacent to an activating group) is 2. The average molecular weight is 288 g/mol. The summed E-state index contributed by atoms with van der Waals surface area (Å²) in [5.41, 5.74) is 0. The van der Waals surface area contributed by atoms with Crippen molar-refractivity contribution in [3.05, 3.63) is 0 Å². The Morgan fingerprint density at radius 1 is 1.00 bits per heavy atom. The molecule has 0 aliphatic carbocycles. The van der Waals surface area contributed by atoms with Gasteiger partial charge in [-0.1, -0.05) is 6.42 Å². The molecule has 120 valence electrons. The van der Waals surface area contributed by atoms with E-state index in [0.29, 0.717) is 6.54 Å². The van der Waals surface area contributed by atoms with Gasteiger partial charge in [-0.2, -0.15) is 0 Å². The van der Waals surface area contributed by atoms with E-state index in [1.807, 2.05) is 21.1 Å². The van der Waals surface area contributed by atoms with Crippen molar-refractivity contribution in [1.29, 1.82) is 0 Å². The molecule has 0 fully saturated rings. The third-order valence-corrected chi connectivity index (χ3v) is 3.49. The highest BCUT2D eigenvalue weighted by Gasteiger charge is 2.14. The van der Waals surface area contributed by atoms with Crippen LogP contribution < -0.4 is 21.3 Å². The van der Waals surface area contributed by atoms with Crippen molar-refractivity contribution in [2.24, 2.45) is 0 Å². The van der Waals surface area contributed by atoms with Crippen LogP contribution in [0.2, 0.25) is 0 Å². The molecule has 0 radical (unpaired) electrons. The topological polar surface area (TPSA) is 85.4 Å². The van der Waals surface area contributed by atoms with Crippen LogP contribution in [0.25, 0.3) is 0 Å². The van der Waals surface area contributed by atoms with Crippen molar-refractivity contribution in [2.45, 2.75) is 44.2 Å². The van der Waals surface area contributed by atoms with Gasteiger partial charge in [0, 0.05) is 12.6 Å². The zero-order chi connectivity index (χ0) is 15.2. The molecule has 0 aliphatic heterocycles. The Hall–Kier alpha value is -0.690. The Kier molecular flexibility index (Phi) is 12.8. The highest BCUT2D eigenvalue weighted by molar-refractivity contribution is 5.81. The summed E-state index contributed by atoms with van der Waals surface area (Å²) in [6.07, 6.45) is 4.69. The molecule has 20 heavy (non-hydrogen) atoms. The molecule has 0 aromatic rings. The average Bonchev–Trinajstić information content (AvgIpc) is 2.47. The Labute approximate surface area is 123 Å². The van der Waals surface area contributed by atoms with Crippen LogP contribution in [0.3, 0.4) is 0 Å². The van der Waals surface area contributed by atoms with Gasteiger partial charge in [0.1, 0.15) is 0 Å². The minimum Gasteiger partial charge on any atom is -0.395 e. The summed E-state index contributed by atoms with van der Waals surface area (Å²) >= 11 is 0. The zero-order valence-electron chi connectivity index (χ0n) is 13.2.